The van der Waals surface area contributed by atoms with Crippen molar-refractivity contribution in [3.05, 3.63) is 39.9 Å². The van der Waals surface area contributed by atoms with Gasteiger partial charge in [-0.05, 0) is 37.8 Å². The number of non-ortho nitro benzene ring substituents is 1. The maximum Gasteiger partial charge on any atom is 0.269 e. The zero-order chi connectivity index (χ0) is 17.6. The molecular formula is C19H27N3O3. The summed E-state index contributed by atoms with van der Waals surface area (Å²) in [6, 6.07) is 6.75. The highest BCUT2D eigenvalue weighted by Crippen LogP contribution is 2.23. The number of hydrogen-bond donors (Lipinski definition) is 0. The van der Waals surface area contributed by atoms with Crippen molar-refractivity contribution in [3.8, 4) is 0 Å². The third-order valence-electron chi connectivity index (χ3n) is 5.33. The lowest BCUT2D eigenvalue weighted by Crippen LogP contribution is -2.44. The number of benzene rings is 1. The minimum atomic E-state index is -0.374. The predicted molar refractivity (Wildman–Crippen MR) is 96.1 cm³/mol. The summed E-state index contributed by atoms with van der Waals surface area (Å²) in [5.74, 6) is 0.431. The summed E-state index contributed by atoms with van der Waals surface area (Å²) in [5, 5.41) is 10.7. The fourth-order valence-corrected chi connectivity index (χ4v) is 3.93. The van der Waals surface area contributed by atoms with Crippen LogP contribution in [0.2, 0.25) is 0 Å². The SMILES string of the molecule is O=C([C@@H]1CCCN(Cc2ccc([N+](=O)[O-])cc2)C1)N1CCCCCC1. The van der Waals surface area contributed by atoms with Crippen LogP contribution in [-0.4, -0.2) is 46.8 Å². The van der Waals surface area contributed by atoms with E-state index in [1.807, 2.05) is 12.1 Å². The first kappa shape index (κ1) is 17.9. The van der Waals surface area contributed by atoms with Crippen LogP contribution in [0.5, 0.6) is 0 Å². The van der Waals surface area contributed by atoms with Gasteiger partial charge in [0.05, 0.1) is 10.8 Å². The standard InChI is InChI=1S/C19H27N3O3/c23-19(21-12-3-1-2-4-13-21)17-6-5-11-20(15-17)14-16-7-9-18(10-8-16)22(24)25/h7-10,17H,1-6,11-15H2/t17-/m1/s1. The monoisotopic (exact) mass is 345 g/mol. The zero-order valence-corrected chi connectivity index (χ0v) is 14.7. The van der Waals surface area contributed by atoms with Crippen LogP contribution < -0.4 is 0 Å². The average Bonchev–Trinajstić information content (AvgIpc) is 2.91. The van der Waals surface area contributed by atoms with E-state index in [2.05, 4.69) is 9.80 Å². The minimum absolute atomic E-state index is 0.102. The molecule has 0 radical (unpaired) electrons. The summed E-state index contributed by atoms with van der Waals surface area (Å²) in [5.41, 5.74) is 1.19. The summed E-state index contributed by atoms with van der Waals surface area (Å²) in [7, 11) is 0. The Hall–Kier alpha value is -1.95. The maximum atomic E-state index is 12.8. The van der Waals surface area contributed by atoms with Gasteiger partial charge in [-0.2, -0.15) is 0 Å². The third-order valence-corrected chi connectivity index (χ3v) is 5.33. The van der Waals surface area contributed by atoms with Gasteiger partial charge in [-0.15, -0.1) is 0 Å². The van der Waals surface area contributed by atoms with Crippen molar-refractivity contribution in [2.24, 2.45) is 5.92 Å². The van der Waals surface area contributed by atoms with Crippen LogP contribution in [0.4, 0.5) is 5.69 Å². The molecule has 0 bridgehead atoms. The molecule has 2 aliphatic heterocycles. The van der Waals surface area contributed by atoms with E-state index in [0.29, 0.717) is 5.91 Å². The lowest BCUT2D eigenvalue weighted by molar-refractivity contribution is -0.384. The van der Waals surface area contributed by atoms with E-state index in [1.165, 1.54) is 12.8 Å². The highest BCUT2D eigenvalue weighted by Gasteiger charge is 2.29. The Kier molecular flexibility index (Phi) is 6.02. The Morgan fingerprint density at radius 1 is 1.04 bits per heavy atom. The van der Waals surface area contributed by atoms with E-state index in [9.17, 15) is 14.9 Å². The summed E-state index contributed by atoms with van der Waals surface area (Å²) >= 11 is 0. The largest absolute Gasteiger partial charge is 0.342 e. The molecule has 1 atom stereocenters. The molecule has 2 aliphatic rings. The van der Waals surface area contributed by atoms with Gasteiger partial charge in [0.1, 0.15) is 0 Å². The number of nitro benzene ring substituents is 1. The number of likely N-dealkylation sites (tertiary alicyclic amines) is 2. The van der Waals surface area contributed by atoms with Gasteiger partial charge in [0.2, 0.25) is 5.91 Å². The summed E-state index contributed by atoms with van der Waals surface area (Å²) in [4.78, 5) is 27.6. The Labute approximate surface area is 148 Å². The van der Waals surface area contributed by atoms with Gasteiger partial charge in [0.25, 0.3) is 5.69 Å². The molecule has 25 heavy (non-hydrogen) atoms. The van der Waals surface area contributed by atoms with E-state index >= 15 is 0 Å². The summed E-state index contributed by atoms with van der Waals surface area (Å²) in [6.07, 6.45) is 6.75. The normalized spacial score (nSPS) is 22.4. The molecule has 2 fully saturated rings. The average molecular weight is 345 g/mol. The molecule has 0 spiro atoms. The Morgan fingerprint density at radius 3 is 2.36 bits per heavy atom. The quantitative estimate of drug-likeness (QED) is 0.621. The van der Waals surface area contributed by atoms with Crippen LogP contribution in [-0.2, 0) is 11.3 Å². The van der Waals surface area contributed by atoms with E-state index < -0.39 is 0 Å². The minimum Gasteiger partial charge on any atom is -0.342 e. The van der Waals surface area contributed by atoms with Gasteiger partial charge in [-0.3, -0.25) is 19.8 Å². The fraction of sp³-hybridized carbons (Fsp3) is 0.632. The van der Waals surface area contributed by atoms with Crippen LogP contribution in [0, 0.1) is 16.0 Å². The molecule has 1 aromatic carbocycles. The van der Waals surface area contributed by atoms with Crippen molar-refractivity contribution in [1.29, 1.82) is 0 Å². The van der Waals surface area contributed by atoms with Crippen LogP contribution in [0.1, 0.15) is 44.1 Å². The lowest BCUT2D eigenvalue weighted by Gasteiger charge is -2.34. The second-order valence-corrected chi connectivity index (χ2v) is 7.24. The molecule has 0 aliphatic carbocycles. The van der Waals surface area contributed by atoms with E-state index in [4.69, 9.17) is 0 Å². The molecule has 0 aromatic heterocycles. The zero-order valence-electron chi connectivity index (χ0n) is 14.7. The maximum absolute atomic E-state index is 12.8. The number of carbonyl (C=O) groups is 1. The molecular weight excluding hydrogens is 318 g/mol. The number of hydrogen-bond acceptors (Lipinski definition) is 4. The predicted octanol–water partition coefficient (Wildman–Crippen LogP) is 3.21. The highest BCUT2D eigenvalue weighted by atomic mass is 16.6. The second kappa shape index (κ2) is 8.43. The first-order chi connectivity index (χ1) is 12.1. The summed E-state index contributed by atoms with van der Waals surface area (Å²) in [6.45, 7) is 4.37. The van der Waals surface area contributed by atoms with Gasteiger partial charge in [-0.1, -0.05) is 25.0 Å². The van der Waals surface area contributed by atoms with Crippen molar-refractivity contribution in [2.75, 3.05) is 26.2 Å². The second-order valence-electron chi connectivity index (χ2n) is 7.24. The number of amides is 1. The Bertz CT molecular complexity index is 594. The molecule has 6 nitrogen and oxygen atoms in total. The molecule has 0 unspecified atom stereocenters. The Morgan fingerprint density at radius 2 is 1.72 bits per heavy atom. The first-order valence-corrected chi connectivity index (χ1v) is 9.38. The molecule has 136 valence electrons. The Balaban J connectivity index is 1.56. The summed E-state index contributed by atoms with van der Waals surface area (Å²) < 4.78 is 0. The number of piperidine rings is 1. The fourth-order valence-electron chi connectivity index (χ4n) is 3.93. The number of nitro groups is 1. The van der Waals surface area contributed by atoms with Crippen molar-refractivity contribution in [1.82, 2.24) is 9.80 Å². The smallest absolute Gasteiger partial charge is 0.269 e. The van der Waals surface area contributed by atoms with E-state index in [-0.39, 0.29) is 16.5 Å². The molecule has 6 heteroatoms. The molecule has 2 heterocycles. The molecule has 0 saturated carbocycles. The van der Waals surface area contributed by atoms with Gasteiger partial charge >= 0.3 is 0 Å². The topological polar surface area (TPSA) is 66.7 Å². The molecule has 1 aromatic rings. The van der Waals surface area contributed by atoms with Crippen LogP contribution in [0.15, 0.2) is 24.3 Å². The van der Waals surface area contributed by atoms with E-state index in [1.54, 1.807) is 12.1 Å². The molecule has 1 amide bonds. The van der Waals surface area contributed by atoms with Crippen molar-refractivity contribution < 1.29 is 9.72 Å². The highest BCUT2D eigenvalue weighted by molar-refractivity contribution is 5.79. The number of nitrogens with zero attached hydrogens (tertiary/aromatic N) is 3. The van der Waals surface area contributed by atoms with Gasteiger partial charge in [0.15, 0.2) is 0 Å². The van der Waals surface area contributed by atoms with Crippen molar-refractivity contribution in [2.45, 2.75) is 45.1 Å². The molecule has 2 saturated heterocycles. The van der Waals surface area contributed by atoms with Crippen LogP contribution in [0.3, 0.4) is 0 Å². The van der Waals surface area contributed by atoms with E-state index in [0.717, 1.165) is 64.0 Å². The number of carbonyl (C=O) groups excluding carboxylic acids is 1. The molecule has 0 N–H and O–H groups in total. The van der Waals surface area contributed by atoms with Gasteiger partial charge < -0.3 is 4.90 Å². The van der Waals surface area contributed by atoms with Crippen molar-refractivity contribution in [3.63, 3.8) is 0 Å². The first-order valence-electron chi connectivity index (χ1n) is 9.38. The number of rotatable bonds is 4. The van der Waals surface area contributed by atoms with Crippen molar-refractivity contribution >= 4 is 11.6 Å². The van der Waals surface area contributed by atoms with Gasteiger partial charge in [0, 0.05) is 38.3 Å². The third kappa shape index (κ3) is 4.78. The van der Waals surface area contributed by atoms with Crippen LogP contribution in [0.25, 0.3) is 0 Å². The van der Waals surface area contributed by atoms with Crippen LogP contribution >= 0.6 is 0 Å². The van der Waals surface area contributed by atoms with Gasteiger partial charge in [-0.25, -0.2) is 0 Å². The lowest BCUT2D eigenvalue weighted by atomic mass is 9.96. The molecule has 3 rings (SSSR count).